The molecule has 1 aliphatic rings. The normalized spacial score (nSPS) is 17.4. The summed E-state index contributed by atoms with van der Waals surface area (Å²) in [6.45, 7) is 7.63. The third-order valence-corrected chi connectivity index (χ3v) is 5.16. The molecule has 1 saturated heterocycles. The third-order valence-electron chi connectivity index (χ3n) is 5.16. The molecule has 2 aromatic rings. The van der Waals surface area contributed by atoms with Gasteiger partial charge in [-0.05, 0) is 49.4 Å². The molecule has 26 heavy (non-hydrogen) atoms. The van der Waals surface area contributed by atoms with Crippen LogP contribution in [0.15, 0.2) is 41.2 Å². The van der Waals surface area contributed by atoms with E-state index in [0.29, 0.717) is 24.4 Å². The monoisotopic (exact) mass is 353 g/mol. The zero-order chi connectivity index (χ0) is 18.5. The van der Waals surface area contributed by atoms with Gasteiger partial charge in [0.25, 0.3) is 5.91 Å². The molecular weight excluding hydrogens is 326 g/mol. The van der Waals surface area contributed by atoms with Gasteiger partial charge >= 0.3 is 0 Å². The molecule has 3 rings (SSSR count). The molecule has 1 fully saturated rings. The maximum Gasteiger partial charge on any atom is 0.251 e. The highest BCUT2D eigenvalue weighted by Gasteiger charge is 2.24. The molecule has 2 N–H and O–H groups in total. The van der Waals surface area contributed by atoms with Crippen molar-refractivity contribution in [1.29, 1.82) is 0 Å². The highest BCUT2D eigenvalue weighted by Crippen LogP contribution is 2.28. The van der Waals surface area contributed by atoms with Crippen molar-refractivity contribution in [3.63, 3.8) is 0 Å². The molecule has 1 unspecified atom stereocenters. The number of rotatable bonds is 6. The largest absolute Gasteiger partial charge is 0.351 e. The van der Waals surface area contributed by atoms with Gasteiger partial charge in [-0.2, -0.15) is 0 Å². The van der Waals surface area contributed by atoms with Crippen molar-refractivity contribution in [3.8, 4) is 0 Å². The summed E-state index contributed by atoms with van der Waals surface area (Å²) in [6, 6.07) is 11.7. The second-order valence-corrected chi connectivity index (χ2v) is 7.01. The number of H-pyrrole nitrogens is 1. The Morgan fingerprint density at radius 2 is 2.12 bits per heavy atom. The first-order valence-corrected chi connectivity index (χ1v) is 9.36. The summed E-state index contributed by atoms with van der Waals surface area (Å²) < 4.78 is 0. The highest BCUT2D eigenvalue weighted by atomic mass is 16.2. The molecule has 1 aromatic heterocycles. The number of hydrogen-bond acceptors (Lipinski definition) is 3. The first-order valence-electron chi connectivity index (χ1n) is 9.36. The molecular formula is C21H27N3O2. The van der Waals surface area contributed by atoms with E-state index in [1.165, 1.54) is 17.2 Å². The summed E-state index contributed by atoms with van der Waals surface area (Å²) in [5.74, 6) is 0.396. The number of likely N-dealkylation sites (tertiary alicyclic amines) is 1. The number of aryl methyl sites for hydroxylation is 2. The smallest absolute Gasteiger partial charge is 0.251 e. The van der Waals surface area contributed by atoms with Crippen molar-refractivity contribution in [1.82, 2.24) is 15.2 Å². The van der Waals surface area contributed by atoms with Gasteiger partial charge in [0.15, 0.2) is 0 Å². The van der Waals surface area contributed by atoms with Gasteiger partial charge in [-0.3, -0.25) is 9.59 Å². The molecule has 0 radical (unpaired) electrons. The molecule has 0 saturated carbocycles. The second-order valence-electron chi connectivity index (χ2n) is 7.01. The summed E-state index contributed by atoms with van der Waals surface area (Å²) in [5, 5.41) is 2.94. The fourth-order valence-corrected chi connectivity index (χ4v) is 3.69. The number of aromatic nitrogens is 1. The third kappa shape index (κ3) is 4.41. The Morgan fingerprint density at radius 3 is 2.88 bits per heavy atom. The van der Waals surface area contributed by atoms with Crippen LogP contribution in [-0.2, 0) is 6.42 Å². The van der Waals surface area contributed by atoms with Crippen LogP contribution >= 0.6 is 0 Å². The van der Waals surface area contributed by atoms with Crippen LogP contribution < -0.4 is 10.9 Å². The fraction of sp³-hybridized carbons (Fsp3) is 0.429. The predicted octanol–water partition coefficient (Wildman–Crippen LogP) is 2.47. The summed E-state index contributed by atoms with van der Waals surface area (Å²) in [7, 11) is 0. The standard InChI is InChI=1S/C21H27N3O2/c1-3-18-12-17(13-20(25)23-18)21(26)22-9-11-24-10-8-16(14-24)19-7-5-4-6-15(19)2/h4-7,12-13,16H,3,8-11,14H2,1-2H3,(H,22,26)(H,23,25). The Bertz CT molecular complexity index is 828. The molecule has 1 amide bonds. The first kappa shape index (κ1) is 18.4. The summed E-state index contributed by atoms with van der Waals surface area (Å²) >= 11 is 0. The fourth-order valence-electron chi connectivity index (χ4n) is 3.69. The van der Waals surface area contributed by atoms with Crippen molar-refractivity contribution in [2.24, 2.45) is 0 Å². The lowest BCUT2D eigenvalue weighted by molar-refractivity contribution is 0.0949. The van der Waals surface area contributed by atoms with E-state index in [4.69, 9.17) is 0 Å². The summed E-state index contributed by atoms with van der Waals surface area (Å²) in [5.41, 5.74) is 3.78. The maximum atomic E-state index is 12.3. The summed E-state index contributed by atoms with van der Waals surface area (Å²) in [4.78, 5) is 29.0. The number of nitrogens with one attached hydrogen (secondary N) is 2. The number of carbonyl (C=O) groups excluding carboxylic acids is 1. The van der Waals surface area contributed by atoms with Crippen LogP contribution in [0.1, 0.15) is 46.4 Å². The molecule has 0 aliphatic carbocycles. The number of hydrogen-bond donors (Lipinski definition) is 2. The number of pyridine rings is 1. The van der Waals surface area contributed by atoms with E-state index < -0.39 is 0 Å². The topological polar surface area (TPSA) is 65.2 Å². The number of nitrogens with zero attached hydrogens (tertiary/aromatic N) is 1. The number of benzene rings is 1. The van der Waals surface area contributed by atoms with Crippen LogP contribution in [-0.4, -0.2) is 42.0 Å². The van der Waals surface area contributed by atoms with Crippen molar-refractivity contribution < 1.29 is 4.79 Å². The Balaban J connectivity index is 1.50. The molecule has 1 atom stereocenters. The van der Waals surface area contributed by atoms with E-state index in [1.54, 1.807) is 6.07 Å². The van der Waals surface area contributed by atoms with Crippen molar-refractivity contribution in [2.45, 2.75) is 32.6 Å². The zero-order valence-electron chi connectivity index (χ0n) is 15.5. The van der Waals surface area contributed by atoms with E-state index in [9.17, 15) is 9.59 Å². The molecule has 5 heteroatoms. The van der Waals surface area contributed by atoms with Crippen LogP contribution in [0, 0.1) is 6.92 Å². The lowest BCUT2D eigenvalue weighted by Crippen LogP contribution is -2.34. The maximum absolute atomic E-state index is 12.3. The van der Waals surface area contributed by atoms with E-state index in [-0.39, 0.29) is 11.5 Å². The average molecular weight is 353 g/mol. The second kappa shape index (κ2) is 8.32. The minimum Gasteiger partial charge on any atom is -0.351 e. The Hall–Kier alpha value is -2.40. The molecule has 0 bridgehead atoms. The predicted molar refractivity (Wildman–Crippen MR) is 104 cm³/mol. The van der Waals surface area contributed by atoms with Crippen molar-refractivity contribution in [3.05, 3.63) is 69.1 Å². The SMILES string of the molecule is CCc1cc(C(=O)NCCN2CCC(c3ccccc3C)C2)cc(=O)[nH]1. The average Bonchev–Trinajstić information content (AvgIpc) is 3.10. The molecule has 1 aromatic carbocycles. The molecule has 2 heterocycles. The van der Waals surface area contributed by atoms with Crippen LogP contribution in [0.5, 0.6) is 0 Å². The minimum atomic E-state index is -0.227. The van der Waals surface area contributed by atoms with Crippen LogP contribution in [0.25, 0.3) is 0 Å². The van der Waals surface area contributed by atoms with Gasteiger partial charge in [0.2, 0.25) is 5.56 Å². The van der Waals surface area contributed by atoms with Gasteiger partial charge < -0.3 is 15.2 Å². The minimum absolute atomic E-state index is 0.180. The van der Waals surface area contributed by atoms with Gasteiger partial charge in [-0.25, -0.2) is 0 Å². The van der Waals surface area contributed by atoms with Gasteiger partial charge in [-0.1, -0.05) is 31.2 Å². The quantitative estimate of drug-likeness (QED) is 0.838. The zero-order valence-corrected chi connectivity index (χ0v) is 15.5. The van der Waals surface area contributed by atoms with Crippen LogP contribution in [0.3, 0.4) is 0 Å². The van der Waals surface area contributed by atoms with Gasteiger partial charge in [0, 0.05) is 37.0 Å². The lowest BCUT2D eigenvalue weighted by atomic mass is 9.94. The van der Waals surface area contributed by atoms with Crippen LogP contribution in [0.4, 0.5) is 0 Å². The van der Waals surface area contributed by atoms with Gasteiger partial charge in [0.05, 0.1) is 0 Å². The van der Waals surface area contributed by atoms with E-state index in [2.05, 4.69) is 46.4 Å². The number of aromatic amines is 1. The van der Waals surface area contributed by atoms with Gasteiger partial charge in [-0.15, -0.1) is 0 Å². The number of carbonyl (C=O) groups is 1. The van der Waals surface area contributed by atoms with Crippen molar-refractivity contribution in [2.75, 3.05) is 26.2 Å². The first-order chi connectivity index (χ1) is 12.6. The molecule has 5 nitrogen and oxygen atoms in total. The van der Waals surface area contributed by atoms with E-state index in [1.807, 2.05) is 6.92 Å². The molecule has 138 valence electrons. The lowest BCUT2D eigenvalue weighted by Gasteiger charge is -2.17. The Kier molecular flexibility index (Phi) is 5.89. The van der Waals surface area contributed by atoms with E-state index in [0.717, 1.165) is 31.7 Å². The van der Waals surface area contributed by atoms with E-state index >= 15 is 0 Å². The Morgan fingerprint density at radius 1 is 1.31 bits per heavy atom. The Labute approximate surface area is 154 Å². The van der Waals surface area contributed by atoms with Crippen LogP contribution in [0.2, 0.25) is 0 Å². The molecule has 1 aliphatic heterocycles. The highest BCUT2D eigenvalue weighted by molar-refractivity contribution is 5.94. The molecule has 0 spiro atoms. The number of amides is 1. The van der Waals surface area contributed by atoms with Crippen molar-refractivity contribution >= 4 is 5.91 Å². The van der Waals surface area contributed by atoms with Gasteiger partial charge in [0.1, 0.15) is 0 Å². The summed E-state index contributed by atoms with van der Waals surface area (Å²) in [6.07, 6.45) is 1.86.